The van der Waals surface area contributed by atoms with E-state index in [0.29, 0.717) is 19.3 Å². The molecule has 1 N–H and O–H groups in total. The van der Waals surface area contributed by atoms with Crippen LogP contribution in [0.4, 0.5) is 0 Å². The molecule has 0 radical (unpaired) electrons. The highest BCUT2D eigenvalue weighted by Gasteiger charge is 2.16. The Morgan fingerprint density at radius 1 is 1.32 bits per heavy atom. The fourth-order valence-corrected chi connectivity index (χ4v) is 2.63. The summed E-state index contributed by atoms with van der Waals surface area (Å²) in [6.45, 7) is 3.06. The summed E-state index contributed by atoms with van der Waals surface area (Å²) in [5, 5.41) is 9.67. The van der Waals surface area contributed by atoms with Gasteiger partial charge in [-0.3, -0.25) is 4.18 Å². The summed E-state index contributed by atoms with van der Waals surface area (Å²) in [6, 6.07) is 6.30. The van der Waals surface area contributed by atoms with Gasteiger partial charge in [-0.15, -0.1) is 0 Å². The van der Waals surface area contributed by atoms with E-state index in [-0.39, 0.29) is 17.3 Å². The molecule has 0 amide bonds. The van der Waals surface area contributed by atoms with Crippen molar-refractivity contribution in [3.05, 3.63) is 42.0 Å². The van der Waals surface area contributed by atoms with Crippen LogP contribution in [0.1, 0.15) is 31.7 Å². The van der Waals surface area contributed by atoms with Gasteiger partial charge in [-0.1, -0.05) is 29.8 Å². The molecular weight excluding hydrogens is 304 g/mol. The molecule has 0 aliphatic rings. The van der Waals surface area contributed by atoms with E-state index in [0.717, 1.165) is 5.56 Å². The largest absolute Gasteiger partial charge is 0.387 e. The van der Waals surface area contributed by atoms with Crippen LogP contribution < -0.4 is 0 Å². The SMILES string of the molecule is CC(=O)CCC/C=C\[C@H](O)COS(=O)(=O)c1ccc(C)cc1. The lowest BCUT2D eigenvalue weighted by Gasteiger charge is -2.08. The van der Waals surface area contributed by atoms with Crippen molar-refractivity contribution in [1.29, 1.82) is 0 Å². The predicted molar refractivity (Wildman–Crippen MR) is 84.0 cm³/mol. The lowest BCUT2D eigenvalue weighted by molar-refractivity contribution is -0.117. The molecule has 22 heavy (non-hydrogen) atoms. The normalized spacial score (nSPS) is 13.4. The van der Waals surface area contributed by atoms with Gasteiger partial charge in [-0.05, 0) is 38.8 Å². The number of hydrogen-bond acceptors (Lipinski definition) is 5. The summed E-state index contributed by atoms with van der Waals surface area (Å²) >= 11 is 0. The van der Waals surface area contributed by atoms with Crippen molar-refractivity contribution in [3.63, 3.8) is 0 Å². The van der Waals surface area contributed by atoms with Crippen molar-refractivity contribution < 1.29 is 22.5 Å². The fourth-order valence-electron chi connectivity index (χ4n) is 1.71. The third kappa shape index (κ3) is 6.98. The molecule has 0 spiro atoms. The number of benzene rings is 1. The Morgan fingerprint density at radius 3 is 2.55 bits per heavy atom. The number of Topliss-reactive ketones (excluding diaryl/α,β-unsaturated/α-hetero) is 1. The lowest BCUT2D eigenvalue weighted by atomic mass is 10.2. The second-order valence-corrected chi connectivity index (χ2v) is 6.76. The number of aryl methyl sites for hydroxylation is 1. The Bertz CT molecular complexity index is 602. The van der Waals surface area contributed by atoms with E-state index in [1.54, 1.807) is 18.2 Å². The maximum Gasteiger partial charge on any atom is 0.297 e. The van der Waals surface area contributed by atoms with Crippen LogP contribution in [0.25, 0.3) is 0 Å². The van der Waals surface area contributed by atoms with Crippen LogP contribution in [0.15, 0.2) is 41.3 Å². The molecule has 122 valence electrons. The predicted octanol–water partition coefficient (Wildman–Crippen LogP) is 2.38. The molecule has 1 aromatic rings. The molecule has 0 saturated heterocycles. The molecule has 0 bridgehead atoms. The number of allylic oxidation sites excluding steroid dienone is 1. The molecule has 0 fully saturated rings. The summed E-state index contributed by atoms with van der Waals surface area (Å²) in [4.78, 5) is 10.8. The first kappa shape index (κ1) is 18.5. The Hall–Kier alpha value is -1.50. The number of hydrogen-bond donors (Lipinski definition) is 1. The first-order valence-electron chi connectivity index (χ1n) is 7.11. The summed E-state index contributed by atoms with van der Waals surface area (Å²) < 4.78 is 28.6. The van der Waals surface area contributed by atoms with E-state index in [1.165, 1.54) is 25.1 Å². The van der Waals surface area contributed by atoms with E-state index < -0.39 is 16.2 Å². The number of aliphatic hydroxyl groups is 1. The molecule has 0 aliphatic carbocycles. The summed E-state index contributed by atoms with van der Waals surface area (Å²) in [5.74, 6) is 0.126. The van der Waals surface area contributed by atoms with Gasteiger partial charge in [0, 0.05) is 6.42 Å². The van der Waals surface area contributed by atoms with Crippen LogP contribution in [-0.4, -0.2) is 32.0 Å². The number of rotatable bonds is 9. The molecule has 0 unspecified atom stereocenters. The van der Waals surface area contributed by atoms with E-state index in [9.17, 15) is 18.3 Å². The van der Waals surface area contributed by atoms with Crippen LogP contribution >= 0.6 is 0 Å². The van der Waals surface area contributed by atoms with Crippen molar-refractivity contribution >= 4 is 15.9 Å². The fraction of sp³-hybridized carbons (Fsp3) is 0.438. The number of unbranched alkanes of at least 4 members (excludes halogenated alkanes) is 1. The van der Waals surface area contributed by atoms with Crippen LogP contribution in [0.3, 0.4) is 0 Å². The molecule has 5 nitrogen and oxygen atoms in total. The molecule has 1 atom stereocenters. The third-order valence-corrected chi connectivity index (χ3v) is 4.26. The number of carbonyl (C=O) groups is 1. The van der Waals surface area contributed by atoms with Gasteiger partial charge in [0.25, 0.3) is 10.1 Å². The minimum Gasteiger partial charge on any atom is -0.387 e. The lowest BCUT2D eigenvalue weighted by Crippen LogP contribution is -2.17. The Labute approximate surface area is 131 Å². The Kier molecular flexibility index (Phi) is 7.44. The quantitative estimate of drug-likeness (QED) is 0.428. The van der Waals surface area contributed by atoms with Gasteiger partial charge in [-0.2, -0.15) is 8.42 Å². The Morgan fingerprint density at radius 2 is 1.95 bits per heavy atom. The Balaban J connectivity index is 2.42. The average molecular weight is 326 g/mol. The summed E-state index contributed by atoms with van der Waals surface area (Å²) in [7, 11) is -3.86. The van der Waals surface area contributed by atoms with E-state index >= 15 is 0 Å². The summed E-state index contributed by atoms with van der Waals surface area (Å²) in [5.41, 5.74) is 0.951. The highest BCUT2D eigenvalue weighted by Crippen LogP contribution is 2.13. The van der Waals surface area contributed by atoms with Gasteiger partial charge in [0.05, 0.1) is 17.6 Å². The van der Waals surface area contributed by atoms with Crippen molar-refractivity contribution in [3.8, 4) is 0 Å². The molecule has 1 rings (SSSR count). The monoisotopic (exact) mass is 326 g/mol. The minimum atomic E-state index is -3.86. The second-order valence-electron chi connectivity index (χ2n) is 5.14. The standard InChI is InChI=1S/C16H22O5S/c1-13-8-10-16(11-9-13)22(19,20)21-12-15(18)7-5-3-4-6-14(2)17/h5,7-11,15,18H,3-4,6,12H2,1-2H3/b7-5-/t15-/m0/s1. The highest BCUT2D eigenvalue weighted by atomic mass is 32.2. The van der Waals surface area contributed by atoms with Crippen LogP contribution in [0.2, 0.25) is 0 Å². The highest BCUT2D eigenvalue weighted by molar-refractivity contribution is 7.86. The maximum atomic E-state index is 11.9. The van der Waals surface area contributed by atoms with Crippen molar-refractivity contribution in [2.24, 2.45) is 0 Å². The van der Waals surface area contributed by atoms with Crippen LogP contribution in [0.5, 0.6) is 0 Å². The van der Waals surface area contributed by atoms with Gasteiger partial charge >= 0.3 is 0 Å². The summed E-state index contributed by atoms with van der Waals surface area (Å²) in [6.07, 6.45) is 4.05. The maximum absolute atomic E-state index is 11.9. The first-order valence-corrected chi connectivity index (χ1v) is 8.52. The molecule has 0 saturated carbocycles. The minimum absolute atomic E-state index is 0.0655. The van der Waals surface area contributed by atoms with Gasteiger partial charge in [-0.25, -0.2) is 0 Å². The van der Waals surface area contributed by atoms with Gasteiger partial charge in [0.2, 0.25) is 0 Å². The van der Waals surface area contributed by atoms with Crippen molar-refractivity contribution in [2.45, 2.75) is 44.1 Å². The molecule has 0 aliphatic heterocycles. The van der Waals surface area contributed by atoms with E-state index in [1.807, 2.05) is 6.92 Å². The van der Waals surface area contributed by atoms with Crippen LogP contribution in [-0.2, 0) is 19.1 Å². The molecule has 0 aromatic heterocycles. The number of ketones is 1. The van der Waals surface area contributed by atoms with Crippen molar-refractivity contribution in [1.82, 2.24) is 0 Å². The second kappa shape index (κ2) is 8.82. The van der Waals surface area contributed by atoms with E-state index in [4.69, 9.17) is 4.18 Å². The average Bonchev–Trinajstić information content (AvgIpc) is 2.45. The van der Waals surface area contributed by atoms with E-state index in [2.05, 4.69) is 0 Å². The van der Waals surface area contributed by atoms with Crippen LogP contribution in [0, 0.1) is 6.92 Å². The first-order chi connectivity index (χ1) is 10.3. The van der Waals surface area contributed by atoms with Crippen molar-refractivity contribution in [2.75, 3.05) is 6.61 Å². The number of aliphatic hydroxyl groups excluding tert-OH is 1. The zero-order valence-corrected chi connectivity index (χ0v) is 13.7. The van der Waals surface area contributed by atoms with Gasteiger partial charge in [0.15, 0.2) is 0 Å². The smallest absolute Gasteiger partial charge is 0.297 e. The third-order valence-electron chi connectivity index (χ3n) is 2.96. The number of carbonyl (C=O) groups excluding carboxylic acids is 1. The molecule has 1 aromatic carbocycles. The molecule has 0 heterocycles. The van der Waals surface area contributed by atoms with Gasteiger partial charge < -0.3 is 9.90 Å². The molecular formula is C16H22O5S. The van der Waals surface area contributed by atoms with Gasteiger partial charge in [0.1, 0.15) is 5.78 Å². The zero-order chi connectivity index (χ0) is 16.6. The topological polar surface area (TPSA) is 80.7 Å². The zero-order valence-electron chi connectivity index (χ0n) is 12.9. The molecule has 6 heteroatoms.